The third-order valence-electron chi connectivity index (χ3n) is 3.52. The van der Waals surface area contributed by atoms with Crippen molar-refractivity contribution in [2.45, 2.75) is 19.3 Å². The van der Waals surface area contributed by atoms with Gasteiger partial charge in [0.2, 0.25) is 5.82 Å². The van der Waals surface area contributed by atoms with Gasteiger partial charge in [0.1, 0.15) is 0 Å². The zero-order valence-corrected chi connectivity index (χ0v) is 11.8. The van der Waals surface area contributed by atoms with Crippen LogP contribution in [0, 0.1) is 10.1 Å². The van der Waals surface area contributed by atoms with Crippen molar-refractivity contribution in [1.29, 1.82) is 0 Å². The van der Waals surface area contributed by atoms with Gasteiger partial charge in [0.15, 0.2) is 0 Å². The molecule has 1 aromatic heterocycles. The van der Waals surface area contributed by atoms with Crippen LogP contribution in [0.3, 0.4) is 0 Å². The summed E-state index contributed by atoms with van der Waals surface area (Å²) < 4.78 is 0. The van der Waals surface area contributed by atoms with Crippen molar-refractivity contribution >= 4 is 17.2 Å². The number of nitro groups is 1. The van der Waals surface area contributed by atoms with Crippen LogP contribution in [0.2, 0.25) is 0 Å². The molecule has 0 aromatic carbocycles. The highest BCUT2D eigenvalue weighted by Crippen LogP contribution is 2.24. The smallest absolute Gasteiger partial charge is 0.313 e. The Labute approximate surface area is 118 Å². The van der Waals surface area contributed by atoms with Gasteiger partial charge in [-0.1, -0.05) is 6.42 Å². The minimum atomic E-state index is -0.406. The molecule has 0 atom stereocenters. The van der Waals surface area contributed by atoms with Crippen LogP contribution in [0.4, 0.5) is 17.2 Å². The maximum atomic E-state index is 11.0. The van der Waals surface area contributed by atoms with Crippen molar-refractivity contribution in [3.05, 3.63) is 22.4 Å². The molecule has 7 nitrogen and oxygen atoms in total. The van der Waals surface area contributed by atoms with Crippen molar-refractivity contribution in [3.63, 3.8) is 0 Å². The molecular weight excluding hydrogens is 258 g/mol. The first-order valence-corrected chi connectivity index (χ1v) is 6.99. The van der Waals surface area contributed by atoms with E-state index in [1.807, 2.05) is 0 Å². The molecule has 0 spiro atoms. The lowest BCUT2D eigenvalue weighted by molar-refractivity contribution is -0.384. The lowest BCUT2D eigenvalue weighted by Crippen LogP contribution is -2.33. The average molecular weight is 279 g/mol. The van der Waals surface area contributed by atoms with Crippen molar-refractivity contribution in [1.82, 2.24) is 9.88 Å². The third-order valence-corrected chi connectivity index (χ3v) is 3.52. The first-order chi connectivity index (χ1) is 9.70. The Bertz CT molecular complexity index is 460. The van der Waals surface area contributed by atoms with E-state index >= 15 is 0 Å². The predicted octanol–water partition coefficient (Wildman–Crippen LogP) is 1.93. The van der Waals surface area contributed by atoms with Crippen LogP contribution >= 0.6 is 0 Å². The van der Waals surface area contributed by atoms with E-state index in [9.17, 15) is 10.1 Å². The van der Waals surface area contributed by atoms with Gasteiger partial charge in [0.05, 0.1) is 16.8 Å². The monoisotopic (exact) mass is 279 g/mol. The summed E-state index contributed by atoms with van der Waals surface area (Å²) in [6, 6.07) is 1.50. The molecule has 0 amide bonds. The van der Waals surface area contributed by atoms with Crippen LogP contribution in [0.5, 0.6) is 0 Å². The van der Waals surface area contributed by atoms with Gasteiger partial charge in [-0.15, -0.1) is 0 Å². The Morgan fingerprint density at radius 3 is 2.80 bits per heavy atom. The van der Waals surface area contributed by atoms with Crippen molar-refractivity contribution in [3.8, 4) is 0 Å². The third kappa shape index (κ3) is 3.80. The molecule has 7 heteroatoms. The lowest BCUT2D eigenvalue weighted by atomic mass is 10.1. The Morgan fingerprint density at radius 2 is 2.15 bits per heavy atom. The molecule has 1 fully saturated rings. The number of nitrogens with one attached hydrogen (secondary N) is 2. The van der Waals surface area contributed by atoms with Gasteiger partial charge in [-0.3, -0.25) is 10.1 Å². The summed E-state index contributed by atoms with van der Waals surface area (Å²) in [6.07, 6.45) is 5.39. The number of piperidine rings is 1. The summed E-state index contributed by atoms with van der Waals surface area (Å²) >= 11 is 0. The zero-order valence-electron chi connectivity index (χ0n) is 11.8. The standard InChI is InChI=1S/C13H21N5O2/c1-14-11-9-12(18(19)20)13(16-10-11)15-5-8-17-6-3-2-4-7-17/h9-10,14H,2-8H2,1H3,(H,15,16). The Balaban J connectivity index is 1.92. The maximum absolute atomic E-state index is 11.0. The summed E-state index contributed by atoms with van der Waals surface area (Å²) in [5, 5.41) is 17.0. The van der Waals surface area contributed by atoms with Gasteiger partial charge in [-0.05, 0) is 25.9 Å². The fourth-order valence-corrected chi connectivity index (χ4v) is 2.38. The zero-order chi connectivity index (χ0) is 14.4. The van der Waals surface area contributed by atoms with Gasteiger partial charge in [0.25, 0.3) is 0 Å². The highest BCUT2D eigenvalue weighted by molar-refractivity contribution is 5.62. The van der Waals surface area contributed by atoms with Gasteiger partial charge in [-0.2, -0.15) is 0 Å². The molecule has 2 heterocycles. The van der Waals surface area contributed by atoms with Crippen LogP contribution in [-0.2, 0) is 0 Å². The Hall–Kier alpha value is -1.89. The number of pyridine rings is 1. The average Bonchev–Trinajstić information content (AvgIpc) is 2.48. The number of hydrogen-bond donors (Lipinski definition) is 2. The molecule has 110 valence electrons. The minimum absolute atomic E-state index is 0.00972. The molecule has 1 aromatic rings. The highest BCUT2D eigenvalue weighted by atomic mass is 16.6. The minimum Gasteiger partial charge on any atom is -0.387 e. The quantitative estimate of drug-likeness (QED) is 0.611. The van der Waals surface area contributed by atoms with Gasteiger partial charge in [0, 0.05) is 26.2 Å². The van der Waals surface area contributed by atoms with E-state index in [4.69, 9.17) is 0 Å². The van der Waals surface area contributed by atoms with Crippen LogP contribution in [0.1, 0.15) is 19.3 Å². The molecular formula is C13H21N5O2. The summed E-state index contributed by atoms with van der Waals surface area (Å²) in [4.78, 5) is 17.1. The normalized spacial score (nSPS) is 15.8. The molecule has 0 bridgehead atoms. The van der Waals surface area contributed by atoms with Crippen LogP contribution < -0.4 is 10.6 Å². The topological polar surface area (TPSA) is 83.3 Å². The van der Waals surface area contributed by atoms with E-state index in [-0.39, 0.29) is 5.69 Å². The molecule has 0 unspecified atom stereocenters. The Morgan fingerprint density at radius 1 is 1.40 bits per heavy atom. The fourth-order valence-electron chi connectivity index (χ4n) is 2.38. The van der Waals surface area contributed by atoms with Crippen LogP contribution in [-0.4, -0.2) is 48.0 Å². The van der Waals surface area contributed by atoms with E-state index in [1.54, 1.807) is 13.2 Å². The molecule has 1 saturated heterocycles. The molecule has 1 aliphatic heterocycles. The number of hydrogen-bond acceptors (Lipinski definition) is 6. The number of aromatic nitrogens is 1. The van der Waals surface area contributed by atoms with Gasteiger partial charge in [-0.25, -0.2) is 4.98 Å². The molecule has 2 N–H and O–H groups in total. The van der Waals surface area contributed by atoms with Crippen LogP contribution in [0.25, 0.3) is 0 Å². The summed E-state index contributed by atoms with van der Waals surface area (Å²) in [7, 11) is 1.71. The molecule has 0 aliphatic carbocycles. The number of nitrogens with zero attached hydrogens (tertiary/aromatic N) is 3. The molecule has 0 saturated carbocycles. The lowest BCUT2D eigenvalue weighted by Gasteiger charge is -2.26. The van der Waals surface area contributed by atoms with Gasteiger partial charge < -0.3 is 15.5 Å². The summed E-state index contributed by atoms with van der Waals surface area (Å²) in [5.41, 5.74) is 0.647. The highest BCUT2D eigenvalue weighted by Gasteiger charge is 2.16. The Kier molecular flexibility index (Phi) is 5.11. The van der Waals surface area contributed by atoms with Crippen molar-refractivity contribution in [2.24, 2.45) is 0 Å². The molecule has 1 aliphatic rings. The second-order valence-corrected chi connectivity index (χ2v) is 4.93. The second-order valence-electron chi connectivity index (χ2n) is 4.93. The first-order valence-electron chi connectivity index (χ1n) is 6.99. The SMILES string of the molecule is CNc1cnc(NCCN2CCCCC2)c([N+](=O)[O-])c1. The van der Waals surface area contributed by atoms with Gasteiger partial charge >= 0.3 is 5.69 Å². The fraction of sp³-hybridized carbons (Fsp3) is 0.615. The van der Waals surface area contributed by atoms with E-state index in [1.165, 1.54) is 25.3 Å². The summed E-state index contributed by atoms with van der Waals surface area (Å²) in [5.74, 6) is 0.339. The van der Waals surface area contributed by atoms with Crippen LogP contribution in [0.15, 0.2) is 12.3 Å². The summed E-state index contributed by atoms with van der Waals surface area (Å²) in [6.45, 7) is 3.81. The van der Waals surface area contributed by atoms with Crippen molar-refractivity contribution in [2.75, 3.05) is 43.9 Å². The molecule has 20 heavy (non-hydrogen) atoms. The molecule has 2 rings (SSSR count). The second kappa shape index (κ2) is 7.04. The van der Waals surface area contributed by atoms with E-state index in [0.717, 1.165) is 19.6 Å². The number of rotatable bonds is 6. The van der Waals surface area contributed by atoms with Crippen molar-refractivity contribution < 1.29 is 4.92 Å². The van der Waals surface area contributed by atoms with E-state index < -0.39 is 4.92 Å². The van der Waals surface area contributed by atoms with E-state index in [2.05, 4.69) is 20.5 Å². The molecule has 0 radical (unpaired) electrons. The largest absolute Gasteiger partial charge is 0.387 e. The first kappa shape index (κ1) is 14.5. The number of likely N-dealkylation sites (tertiary alicyclic amines) is 1. The van der Waals surface area contributed by atoms with E-state index in [0.29, 0.717) is 18.1 Å². The predicted molar refractivity (Wildman–Crippen MR) is 79.2 cm³/mol. The number of anilines is 2. The maximum Gasteiger partial charge on any atom is 0.313 e.